The molecule has 2 N–H and O–H groups in total. The summed E-state index contributed by atoms with van der Waals surface area (Å²) in [6.45, 7) is 3.33. The van der Waals surface area contributed by atoms with Gasteiger partial charge in [-0.25, -0.2) is 4.79 Å². The molecular formula is C17H17N3O5. The van der Waals surface area contributed by atoms with Gasteiger partial charge < -0.3 is 10.1 Å². The summed E-state index contributed by atoms with van der Waals surface area (Å²) in [5.74, 6) is -0.767. The number of nitro benzene ring substituents is 1. The minimum Gasteiger partial charge on any atom is -0.477 e. The molecule has 0 atom stereocenters. The molecule has 0 radical (unpaired) electrons. The molecule has 0 aromatic heterocycles. The third-order valence-corrected chi connectivity index (χ3v) is 3.44. The van der Waals surface area contributed by atoms with Crippen molar-refractivity contribution in [3.63, 3.8) is 0 Å². The average molecular weight is 343 g/mol. The summed E-state index contributed by atoms with van der Waals surface area (Å²) in [4.78, 5) is 33.8. The van der Waals surface area contributed by atoms with Crippen molar-refractivity contribution in [3.8, 4) is 5.75 Å². The second-order valence-corrected chi connectivity index (χ2v) is 5.31. The average Bonchev–Trinajstić information content (AvgIpc) is 2.56. The summed E-state index contributed by atoms with van der Waals surface area (Å²) in [5, 5.41) is 15.5. The van der Waals surface area contributed by atoms with Crippen molar-refractivity contribution in [3.05, 3.63) is 63.7 Å². The molecule has 0 spiro atoms. The number of nitrogens with zero attached hydrogens (tertiary/aromatic N) is 1. The van der Waals surface area contributed by atoms with Gasteiger partial charge in [-0.15, -0.1) is 0 Å². The van der Waals surface area contributed by atoms with Crippen LogP contribution in [-0.2, 0) is 4.79 Å². The molecule has 130 valence electrons. The Morgan fingerprint density at radius 2 is 1.84 bits per heavy atom. The third kappa shape index (κ3) is 5.03. The number of para-hydroxylation sites is 2. The lowest BCUT2D eigenvalue weighted by Crippen LogP contribution is -2.37. The number of benzene rings is 2. The number of carbonyl (C=O) groups excluding carboxylic acids is 2. The summed E-state index contributed by atoms with van der Waals surface area (Å²) < 4.78 is 5.11. The second-order valence-electron chi connectivity index (χ2n) is 5.31. The SMILES string of the molecule is Cc1ccc(NC(=O)NC(=O)COc2ccccc2[N+](=O)[O-])cc1C. The first kappa shape index (κ1) is 17.9. The monoisotopic (exact) mass is 343 g/mol. The Morgan fingerprint density at radius 3 is 2.52 bits per heavy atom. The normalized spacial score (nSPS) is 10.0. The lowest BCUT2D eigenvalue weighted by molar-refractivity contribution is -0.385. The Kier molecular flexibility index (Phi) is 5.67. The number of amides is 3. The first-order chi connectivity index (χ1) is 11.9. The van der Waals surface area contributed by atoms with Gasteiger partial charge in [-0.3, -0.25) is 20.2 Å². The number of carbonyl (C=O) groups is 2. The van der Waals surface area contributed by atoms with Gasteiger partial charge in [-0.2, -0.15) is 0 Å². The first-order valence-corrected chi connectivity index (χ1v) is 7.41. The standard InChI is InChI=1S/C17H17N3O5/c1-11-7-8-13(9-12(11)2)18-17(22)19-16(21)10-25-15-6-4-3-5-14(15)20(23)24/h3-9H,10H2,1-2H3,(H2,18,19,21,22). The van der Waals surface area contributed by atoms with Crippen LogP contribution in [0.15, 0.2) is 42.5 Å². The van der Waals surface area contributed by atoms with Crippen molar-refractivity contribution in [2.75, 3.05) is 11.9 Å². The van der Waals surface area contributed by atoms with Crippen LogP contribution >= 0.6 is 0 Å². The fraction of sp³-hybridized carbons (Fsp3) is 0.176. The molecule has 0 bridgehead atoms. The van der Waals surface area contributed by atoms with Crippen molar-refractivity contribution in [2.24, 2.45) is 0 Å². The number of nitro groups is 1. The van der Waals surface area contributed by atoms with Crippen LogP contribution in [0.2, 0.25) is 0 Å². The molecule has 8 heteroatoms. The number of rotatable bonds is 5. The van der Waals surface area contributed by atoms with Crippen molar-refractivity contribution in [1.29, 1.82) is 0 Å². The van der Waals surface area contributed by atoms with Crippen molar-refractivity contribution >= 4 is 23.3 Å². The van der Waals surface area contributed by atoms with Crippen LogP contribution in [0.3, 0.4) is 0 Å². The lowest BCUT2D eigenvalue weighted by atomic mass is 10.1. The fourth-order valence-corrected chi connectivity index (χ4v) is 2.02. The van der Waals surface area contributed by atoms with Gasteiger partial charge in [-0.05, 0) is 43.2 Å². The highest BCUT2D eigenvalue weighted by Gasteiger charge is 2.16. The molecule has 2 aromatic rings. The molecule has 0 aliphatic rings. The summed E-state index contributed by atoms with van der Waals surface area (Å²) in [7, 11) is 0. The number of anilines is 1. The second kappa shape index (κ2) is 7.91. The smallest absolute Gasteiger partial charge is 0.325 e. The quantitative estimate of drug-likeness (QED) is 0.640. The largest absolute Gasteiger partial charge is 0.477 e. The van der Waals surface area contributed by atoms with Crippen LogP contribution < -0.4 is 15.4 Å². The molecule has 8 nitrogen and oxygen atoms in total. The van der Waals surface area contributed by atoms with E-state index in [2.05, 4.69) is 10.6 Å². The minimum absolute atomic E-state index is 0.0442. The molecule has 0 aliphatic carbocycles. The summed E-state index contributed by atoms with van der Waals surface area (Å²) >= 11 is 0. The Bertz CT molecular complexity index is 820. The number of aryl methyl sites for hydroxylation is 2. The van der Waals surface area contributed by atoms with E-state index in [1.165, 1.54) is 18.2 Å². The molecule has 2 aromatic carbocycles. The van der Waals surface area contributed by atoms with E-state index in [4.69, 9.17) is 4.74 Å². The molecule has 0 saturated heterocycles. The van der Waals surface area contributed by atoms with E-state index in [9.17, 15) is 19.7 Å². The maximum absolute atomic E-state index is 11.8. The van der Waals surface area contributed by atoms with Gasteiger partial charge in [0.25, 0.3) is 5.91 Å². The molecule has 0 saturated carbocycles. The first-order valence-electron chi connectivity index (χ1n) is 7.41. The number of ether oxygens (including phenoxy) is 1. The van der Waals surface area contributed by atoms with E-state index in [0.29, 0.717) is 5.69 Å². The molecule has 0 fully saturated rings. The van der Waals surface area contributed by atoms with E-state index in [0.717, 1.165) is 11.1 Å². The number of imide groups is 1. The highest BCUT2D eigenvalue weighted by Crippen LogP contribution is 2.25. The van der Waals surface area contributed by atoms with Gasteiger partial charge in [-0.1, -0.05) is 18.2 Å². The van der Waals surface area contributed by atoms with E-state index in [1.807, 2.05) is 19.9 Å². The van der Waals surface area contributed by atoms with E-state index >= 15 is 0 Å². The van der Waals surface area contributed by atoms with Crippen molar-refractivity contribution < 1.29 is 19.2 Å². The highest BCUT2D eigenvalue weighted by molar-refractivity contribution is 6.01. The topological polar surface area (TPSA) is 111 Å². The van der Waals surface area contributed by atoms with Crippen LogP contribution in [0, 0.1) is 24.0 Å². The van der Waals surface area contributed by atoms with Crippen LogP contribution in [0.4, 0.5) is 16.2 Å². The highest BCUT2D eigenvalue weighted by atomic mass is 16.6. The molecule has 25 heavy (non-hydrogen) atoms. The van der Waals surface area contributed by atoms with Crippen LogP contribution in [0.1, 0.15) is 11.1 Å². The molecule has 0 unspecified atom stereocenters. The van der Waals surface area contributed by atoms with Crippen LogP contribution in [0.25, 0.3) is 0 Å². The third-order valence-electron chi connectivity index (χ3n) is 3.44. The van der Waals surface area contributed by atoms with E-state index in [-0.39, 0.29) is 11.4 Å². The number of hydrogen-bond acceptors (Lipinski definition) is 5. The van der Waals surface area contributed by atoms with E-state index < -0.39 is 23.5 Å². The predicted molar refractivity (Wildman–Crippen MR) is 91.7 cm³/mol. The van der Waals surface area contributed by atoms with Gasteiger partial charge >= 0.3 is 11.7 Å². The van der Waals surface area contributed by atoms with Gasteiger partial charge in [0, 0.05) is 11.8 Å². The number of urea groups is 1. The zero-order valence-corrected chi connectivity index (χ0v) is 13.7. The van der Waals surface area contributed by atoms with Crippen molar-refractivity contribution in [2.45, 2.75) is 13.8 Å². The van der Waals surface area contributed by atoms with Gasteiger partial charge in [0.15, 0.2) is 12.4 Å². The van der Waals surface area contributed by atoms with Crippen molar-refractivity contribution in [1.82, 2.24) is 5.32 Å². The van der Waals surface area contributed by atoms with E-state index in [1.54, 1.807) is 18.2 Å². The molecule has 2 rings (SSSR count). The summed E-state index contributed by atoms with van der Waals surface area (Å²) in [6.07, 6.45) is 0. The van der Waals surface area contributed by atoms with Gasteiger partial charge in [0.2, 0.25) is 0 Å². The molecular weight excluding hydrogens is 326 g/mol. The maximum Gasteiger partial charge on any atom is 0.325 e. The zero-order valence-electron chi connectivity index (χ0n) is 13.7. The summed E-state index contributed by atoms with van der Waals surface area (Å²) in [6, 6.07) is 10.3. The Labute approximate surface area is 144 Å². The molecule has 0 aliphatic heterocycles. The fourth-order valence-electron chi connectivity index (χ4n) is 2.02. The number of hydrogen-bond donors (Lipinski definition) is 2. The number of nitrogens with one attached hydrogen (secondary N) is 2. The Balaban J connectivity index is 1.89. The lowest BCUT2D eigenvalue weighted by Gasteiger charge is -2.09. The molecule has 3 amide bonds. The summed E-state index contributed by atoms with van der Waals surface area (Å²) in [5.41, 5.74) is 2.38. The Morgan fingerprint density at radius 1 is 1.12 bits per heavy atom. The minimum atomic E-state index is -0.723. The van der Waals surface area contributed by atoms with Crippen LogP contribution in [0.5, 0.6) is 5.75 Å². The molecule has 0 heterocycles. The maximum atomic E-state index is 11.8. The van der Waals surface area contributed by atoms with Gasteiger partial charge in [0.1, 0.15) is 0 Å². The zero-order chi connectivity index (χ0) is 18.4. The van der Waals surface area contributed by atoms with Gasteiger partial charge in [0.05, 0.1) is 4.92 Å². The van der Waals surface area contributed by atoms with Crippen LogP contribution in [-0.4, -0.2) is 23.5 Å². The predicted octanol–water partition coefficient (Wildman–Crippen LogP) is 2.94. The Hall–Kier alpha value is -3.42.